The second kappa shape index (κ2) is 4.57. The van der Waals surface area contributed by atoms with Crippen LogP contribution in [0.15, 0.2) is 48.7 Å². The van der Waals surface area contributed by atoms with Gasteiger partial charge in [0.1, 0.15) is 5.65 Å². The molecule has 4 heteroatoms. The average Bonchev–Trinajstić information content (AvgIpc) is 2.90. The third-order valence-electron chi connectivity index (χ3n) is 3.01. The number of hydrogen-bond acceptors (Lipinski definition) is 3. The van der Waals surface area contributed by atoms with E-state index in [0.717, 1.165) is 16.6 Å². The number of ether oxygens (including phenoxy) is 1. The molecule has 0 spiro atoms. The van der Waals surface area contributed by atoms with E-state index in [9.17, 15) is 4.79 Å². The average molecular weight is 252 g/mol. The number of nitrogens with zero attached hydrogens (tertiary/aromatic N) is 1. The maximum absolute atomic E-state index is 11.6. The molecule has 0 atom stereocenters. The van der Waals surface area contributed by atoms with Crippen LogP contribution in [0.2, 0.25) is 0 Å². The van der Waals surface area contributed by atoms with Crippen LogP contribution in [-0.4, -0.2) is 23.0 Å². The smallest absolute Gasteiger partial charge is 0.340 e. The Morgan fingerprint density at radius 3 is 2.68 bits per heavy atom. The molecule has 0 bridgehead atoms. The molecule has 94 valence electrons. The van der Waals surface area contributed by atoms with Gasteiger partial charge in [-0.25, -0.2) is 9.78 Å². The molecule has 0 aliphatic carbocycles. The van der Waals surface area contributed by atoms with E-state index < -0.39 is 0 Å². The Balaban J connectivity index is 2.11. The first-order chi connectivity index (χ1) is 9.29. The fourth-order valence-electron chi connectivity index (χ4n) is 2.05. The second-order valence-corrected chi connectivity index (χ2v) is 4.15. The predicted octanol–water partition coefficient (Wildman–Crippen LogP) is 3.02. The molecule has 19 heavy (non-hydrogen) atoms. The van der Waals surface area contributed by atoms with E-state index in [1.807, 2.05) is 42.5 Å². The summed E-state index contributed by atoms with van der Waals surface area (Å²) in [5.41, 5.74) is 3.09. The number of pyridine rings is 1. The molecule has 0 amide bonds. The fraction of sp³-hybridized carbons (Fsp3) is 0.0667. The van der Waals surface area contributed by atoms with Gasteiger partial charge in [-0.3, -0.25) is 0 Å². The molecule has 0 unspecified atom stereocenters. The second-order valence-electron chi connectivity index (χ2n) is 4.15. The predicted molar refractivity (Wildman–Crippen MR) is 72.9 cm³/mol. The van der Waals surface area contributed by atoms with E-state index in [1.54, 1.807) is 6.20 Å². The lowest BCUT2D eigenvalue weighted by Gasteiger charge is -2.01. The van der Waals surface area contributed by atoms with E-state index in [1.165, 1.54) is 7.11 Å². The standard InChI is InChI=1S/C15H12N2O2/c1-19-15(18)12-9-16-14-11(12)7-8-13(17-14)10-5-3-2-4-6-10/h2-9H,1H3,(H,16,17). The van der Waals surface area contributed by atoms with Crippen LogP contribution in [0.1, 0.15) is 10.4 Å². The number of rotatable bonds is 2. The van der Waals surface area contributed by atoms with Crippen molar-refractivity contribution in [3.05, 3.63) is 54.2 Å². The number of methoxy groups -OCH3 is 1. The Hall–Kier alpha value is -2.62. The van der Waals surface area contributed by atoms with E-state index in [4.69, 9.17) is 4.74 Å². The summed E-state index contributed by atoms with van der Waals surface area (Å²) in [6, 6.07) is 13.7. The van der Waals surface area contributed by atoms with Gasteiger partial charge in [-0.15, -0.1) is 0 Å². The van der Waals surface area contributed by atoms with Gasteiger partial charge in [-0.05, 0) is 12.1 Å². The van der Waals surface area contributed by atoms with Crippen molar-refractivity contribution in [2.75, 3.05) is 7.11 Å². The minimum atomic E-state index is -0.361. The molecule has 0 aliphatic heterocycles. The molecular formula is C15H12N2O2. The minimum Gasteiger partial charge on any atom is -0.465 e. The highest BCUT2D eigenvalue weighted by Crippen LogP contribution is 2.22. The summed E-state index contributed by atoms with van der Waals surface area (Å²) >= 11 is 0. The monoisotopic (exact) mass is 252 g/mol. The SMILES string of the molecule is COC(=O)c1c[nH]c2nc(-c3ccccc3)ccc12. The Bertz CT molecular complexity index is 732. The van der Waals surface area contributed by atoms with Crippen molar-refractivity contribution in [3.63, 3.8) is 0 Å². The van der Waals surface area contributed by atoms with Crippen LogP contribution >= 0.6 is 0 Å². The Morgan fingerprint density at radius 1 is 1.16 bits per heavy atom. The number of fused-ring (bicyclic) bond motifs is 1. The number of H-pyrrole nitrogens is 1. The van der Waals surface area contributed by atoms with Gasteiger partial charge in [0.15, 0.2) is 0 Å². The third-order valence-corrected chi connectivity index (χ3v) is 3.01. The highest BCUT2D eigenvalue weighted by molar-refractivity contribution is 6.03. The maximum Gasteiger partial charge on any atom is 0.340 e. The van der Waals surface area contributed by atoms with E-state index in [0.29, 0.717) is 11.2 Å². The zero-order valence-electron chi connectivity index (χ0n) is 10.4. The Labute approximate surface area is 110 Å². The highest BCUT2D eigenvalue weighted by Gasteiger charge is 2.13. The molecule has 0 saturated carbocycles. The summed E-state index contributed by atoms with van der Waals surface area (Å²) in [7, 11) is 1.37. The van der Waals surface area contributed by atoms with Crippen LogP contribution in [-0.2, 0) is 4.74 Å². The van der Waals surface area contributed by atoms with Gasteiger partial charge in [0.25, 0.3) is 0 Å². The summed E-state index contributed by atoms with van der Waals surface area (Å²) < 4.78 is 4.73. The lowest BCUT2D eigenvalue weighted by molar-refractivity contribution is 0.0603. The lowest BCUT2D eigenvalue weighted by atomic mass is 10.1. The van der Waals surface area contributed by atoms with Crippen LogP contribution in [0.3, 0.4) is 0 Å². The van der Waals surface area contributed by atoms with Crippen LogP contribution in [0.25, 0.3) is 22.3 Å². The van der Waals surface area contributed by atoms with Crippen LogP contribution in [0, 0.1) is 0 Å². The van der Waals surface area contributed by atoms with Crippen molar-refractivity contribution in [3.8, 4) is 11.3 Å². The molecular weight excluding hydrogens is 240 g/mol. The van der Waals surface area contributed by atoms with Crippen molar-refractivity contribution in [2.45, 2.75) is 0 Å². The largest absolute Gasteiger partial charge is 0.465 e. The third kappa shape index (κ3) is 1.97. The van der Waals surface area contributed by atoms with Gasteiger partial charge in [0.2, 0.25) is 0 Å². The van der Waals surface area contributed by atoms with Crippen molar-refractivity contribution < 1.29 is 9.53 Å². The quantitative estimate of drug-likeness (QED) is 0.713. The molecule has 0 radical (unpaired) electrons. The number of benzene rings is 1. The van der Waals surface area contributed by atoms with Gasteiger partial charge >= 0.3 is 5.97 Å². The number of carbonyl (C=O) groups is 1. The molecule has 3 aromatic rings. The number of carbonyl (C=O) groups excluding carboxylic acids is 1. The minimum absolute atomic E-state index is 0.361. The summed E-state index contributed by atoms with van der Waals surface area (Å²) in [4.78, 5) is 19.1. The van der Waals surface area contributed by atoms with Gasteiger partial charge < -0.3 is 9.72 Å². The number of aromatic nitrogens is 2. The van der Waals surface area contributed by atoms with Crippen LogP contribution < -0.4 is 0 Å². The molecule has 1 N–H and O–H groups in total. The van der Waals surface area contributed by atoms with Gasteiger partial charge in [0, 0.05) is 17.1 Å². The lowest BCUT2D eigenvalue weighted by Crippen LogP contribution is -1.99. The van der Waals surface area contributed by atoms with Gasteiger partial charge in [0.05, 0.1) is 18.4 Å². The molecule has 0 saturated heterocycles. The first kappa shape index (κ1) is 11.5. The summed E-state index contributed by atoms with van der Waals surface area (Å²) in [5.74, 6) is -0.361. The summed E-state index contributed by atoms with van der Waals surface area (Å²) in [5, 5.41) is 0.770. The number of aromatic amines is 1. The molecule has 1 aromatic carbocycles. The molecule has 0 aliphatic rings. The molecule has 2 aromatic heterocycles. The number of nitrogens with one attached hydrogen (secondary N) is 1. The van der Waals surface area contributed by atoms with Crippen molar-refractivity contribution in [1.29, 1.82) is 0 Å². The number of hydrogen-bond donors (Lipinski definition) is 1. The van der Waals surface area contributed by atoms with Gasteiger partial charge in [-0.1, -0.05) is 30.3 Å². The van der Waals surface area contributed by atoms with E-state index in [-0.39, 0.29) is 5.97 Å². The topological polar surface area (TPSA) is 55.0 Å². The molecule has 4 nitrogen and oxygen atoms in total. The van der Waals surface area contributed by atoms with Gasteiger partial charge in [-0.2, -0.15) is 0 Å². The fourth-order valence-corrected chi connectivity index (χ4v) is 2.05. The first-order valence-electron chi connectivity index (χ1n) is 5.91. The Kier molecular flexibility index (Phi) is 2.76. The van der Waals surface area contributed by atoms with Crippen molar-refractivity contribution >= 4 is 17.0 Å². The molecule has 2 heterocycles. The van der Waals surface area contributed by atoms with Crippen LogP contribution in [0.5, 0.6) is 0 Å². The van der Waals surface area contributed by atoms with Crippen molar-refractivity contribution in [1.82, 2.24) is 9.97 Å². The highest BCUT2D eigenvalue weighted by atomic mass is 16.5. The molecule has 0 fully saturated rings. The zero-order valence-corrected chi connectivity index (χ0v) is 10.4. The first-order valence-corrected chi connectivity index (χ1v) is 5.91. The van der Waals surface area contributed by atoms with Crippen LogP contribution in [0.4, 0.5) is 0 Å². The summed E-state index contributed by atoms with van der Waals surface area (Å²) in [6.45, 7) is 0. The zero-order chi connectivity index (χ0) is 13.2. The number of esters is 1. The summed E-state index contributed by atoms with van der Waals surface area (Å²) in [6.07, 6.45) is 1.62. The normalized spacial score (nSPS) is 10.6. The van der Waals surface area contributed by atoms with E-state index >= 15 is 0 Å². The van der Waals surface area contributed by atoms with E-state index in [2.05, 4.69) is 9.97 Å². The Morgan fingerprint density at radius 2 is 1.95 bits per heavy atom. The van der Waals surface area contributed by atoms with Crippen molar-refractivity contribution in [2.24, 2.45) is 0 Å². The maximum atomic E-state index is 11.6. The molecule has 3 rings (SSSR count).